The van der Waals surface area contributed by atoms with Crippen molar-refractivity contribution in [2.45, 2.75) is 11.8 Å². The average molecular weight is 388 g/mol. The molecule has 0 fully saturated rings. The van der Waals surface area contributed by atoms with Gasteiger partial charge in [-0.2, -0.15) is 5.10 Å². The molecule has 0 spiro atoms. The number of benzene rings is 2. The van der Waals surface area contributed by atoms with Crippen molar-refractivity contribution in [3.8, 4) is 0 Å². The molecule has 2 rings (SSSR count). The van der Waals surface area contributed by atoms with E-state index in [-0.39, 0.29) is 11.7 Å². The van der Waals surface area contributed by atoms with Crippen LogP contribution in [0.2, 0.25) is 15.1 Å². The van der Waals surface area contributed by atoms with Crippen LogP contribution in [0, 0.1) is 0 Å². The summed E-state index contributed by atoms with van der Waals surface area (Å²) in [5.74, 6) is 0.0733. The van der Waals surface area contributed by atoms with Crippen LogP contribution < -0.4 is 5.43 Å². The molecule has 0 aromatic heterocycles. The molecule has 120 valence electrons. The zero-order valence-electron chi connectivity index (χ0n) is 12.1. The number of amides is 1. The van der Waals surface area contributed by atoms with Crippen molar-refractivity contribution in [2.75, 3.05) is 5.75 Å². The zero-order valence-corrected chi connectivity index (χ0v) is 15.2. The first-order valence-corrected chi connectivity index (χ1v) is 8.74. The maximum atomic E-state index is 11.8. The number of nitrogens with one attached hydrogen (secondary N) is 1. The Morgan fingerprint density at radius 2 is 1.78 bits per heavy atom. The fourth-order valence-electron chi connectivity index (χ4n) is 1.64. The van der Waals surface area contributed by atoms with Gasteiger partial charge in [-0.25, -0.2) is 5.43 Å². The minimum absolute atomic E-state index is 0.190. The number of rotatable bonds is 5. The summed E-state index contributed by atoms with van der Waals surface area (Å²) in [6, 6.07) is 12.5. The van der Waals surface area contributed by atoms with Gasteiger partial charge in [-0.3, -0.25) is 4.79 Å². The van der Waals surface area contributed by atoms with E-state index in [1.165, 1.54) is 11.8 Å². The predicted octanol–water partition coefficient (Wildman–Crippen LogP) is 5.28. The predicted molar refractivity (Wildman–Crippen MR) is 99.0 cm³/mol. The Hall–Kier alpha value is -1.20. The van der Waals surface area contributed by atoms with E-state index in [0.717, 1.165) is 10.5 Å². The van der Waals surface area contributed by atoms with Crippen LogP contribution in [-0.2, 0) is 4.79 Å². The molecule has 0 aliphatic carbocycles. The molecular weight excluding hydrogens is 375 g/mol. The molecule has 0 aliphatic heterocycles. The molecule has 1 amide bonds. The van der Waals surface area contributed by atoms with E-state index in [1.54, 1.807) is 37.3 Å². The van der Waals surface area contributed by atoms with Crippen molar-refractivity contribution in [3.63, 3.8) is 0 Å². The van der Waals surface area contributed by atoms with E-state index < -0.39 is 0 Å². The van der Waals surface area contributed by atoms with Crippen molar-refractivity contribution in [1.82, 2.24) is 5.43 Å². The maximum absolute atomic E-state index is 11.8. The quantitative estimate of drug-likeness (QED) is 0.431. The molecule has 2 aromatic rings. The monoisotopic (exact) mass is 386 g/mol. The molecule has 2 aromatic carbocycles. The minimum Gasteiger partial charge on any atom is -0.272 e. The molecule has 0 atom stereocenters. The van der Waals surface area contributed by atoms with Crippen molar-refractivity contribution < 1.29 is 4.79 Å². The summed E-state index contributed by atoms with van der Waals surface area (Å²) < 4.78 is 0. The standard InChI is InChI=1S/C16H13Cl3N2OS/c1-10(11-2-7-14(18)15(19)8-11)20-21-16(22)9-23-13-5-3-12(17)4-6-13/h2-8H,9H2,1H3,(H,21,22). The summed E-state index contributed by atoms with van der Waals surface area (Å²) in [7, 11) is 0. The van der Waals surface area contributed by atoms with Crippen LogP contribution in [-0.4, -0.2) is 17.4 Å². The van der Waals surface area contributed by atoms with Crippen LogP contribution in [0.3, 0.4) is 0 Å². The van der Waals surface area contributed by atoms with Crippen LogP contribution in [0.1, 0.15) is 12.5 Å². The lowest BCUT2D eigenvalue weighted by atomic mass is 10.1. The molecule has 0 unspecified atom stereocenters. The Morgan fingerprint density at radius 3 is 2.43 bits per heavy atom. The maximum Gasteiger partial charge on any atom is 0.250 e. The molecular formula is C16H13Cl3N2OS. The van der Waals surface area contributed by atoms with Gasteiger partial charge in [0.25, 0.3) is 0 Å². The Labute approximate surface area is 154 Å². The lowest BCUT2D eigenvalue weighted by Gasteiger charge is -2.04. The summed E-state index contributed by atoms with van der Waals surface area (Å²) in [6.07, 6.45) is 0. The van der Waals surface area contributed by atoms with Crippen LogP contribution in [0.15, 0.2) is 52.5 Å². The first-order chi connectivity index (χ1) is 11.0. The van der Waals surface area contributed by atoms with Gasteiger partial charge in [0.15, 0.2) is 0 Å². The normalized spacial score (nSPS) is 11.4. The SMILES string of the molecule is CC(=NNC(=O)CSc1ccc(Cl)cc1)c1ccc(Cl)c(Cl)c1. The van der Waals surface area contributed by atoms with E-state index in [9.17, 15) is 4.79 Å². The van der Waals surface area contributed by atoms with Crippen molar-refractivity contribution in [2.24, 2.45) is 5.10 Å². The van der Waals surface area contributed by atoms with Crippen molar-refractivity contribution >= 4 is 58.2 Å². The van der Waals surface area contributed by atoms with E-state index in [1.807, 2.05) is 12.1 Å². The van der Waals surface area contributed by atoms with E-state index in [0.29, 0.717) is 20.8 Å². The second-order valence-electron chi connectivity index (χ2n) is 4.60. The molecule has 0 radical (unpaired) electrons. The summed E-state index contributed by atoms with van der Waals surface area (Å²) in [5, 5.41) is 5.67. The molecule has 0 bridgehead atoms. The molecule has 23 heavy (non-hydrogen) atoms. The van der Waals surface area contributed by atoms with Crippen LogP contribution >= 0.6 is 46.6 Å². The number of hydrazone groups is 1. The van der Waals surface area contributed by atoms with Gasteiger partial charge in [0, 0.05) is 9.92 Å². The van der Waals surface area contributed by atoms with Crippen LogP contribution in [0.5, 0.6) is 0 Å². The molecule has 0 saturated carbocycles. The largest absolute Gasteiger partial charge is 0.272 e. The van der Waals surface area contributed by atoms with Crippen LogP contribution in [0.25, 0.3) is 0 Å². The third kappa shape index (κ3) is 5.74. The van der Waals surface area contributed by atoms with Crippen molar-refractivity contribution in [1.29, 1.82) is 0 Å². The number of nitrogens with zero attached hydrogens (tertiary/aromatic N) is 1. The van der Waals surface area contributed by atoms with Crippen molar-refractivity contribution in [3.05, 3.63) is 63.1 Å². The second-order valence-corrected chi connectivity index (χ2v) is 6.90. The highest BCUT2D eigenvalue weighted by molar-refractivity contribution is 8.00. The zero-order chi connectivity index (χ0) is 16.8. The molecule has 1 N–H and O–H groups in total. The fraction of sp³-hybridized carbons (Fsp3) is 0.125. The number of hydrogen-bond acceptors (Lipinski definition) is 3. The lowest BCUT2D eigenvalue weighted by molar-refractivity contribution is -0.118. The summed E-state index contributed by atoms with van der Waals surface area (Å²) in [6.45, 7) is 1.78. The number of thioether (sulfide) groups is 1. The van der Waals surface area contributed by atoms with Gasteiger partial charge in [0.2, 0.25) is 5.91 Å². The Bertz CT molecular complexity index is 733. The third-order valence-electron chi connectivity index (χ3n) is 2.87. The van der Waals surface area contributed by atoms with E-state index in [4.69, 9.17) is 34.8 Å². The van der Waals surface area contributed by atoms with Gasteiger partial charge in [-0.1, -0.05) is 40.9 Å². The second kappa shape index (κ2) is 8.60. The molecule has 0 saturated heterocycles. The van der Waals surface area contributed by atoms with Gasteiger partial charge in [-0.05, 0) is 48.9 Å². The average Bonchev–Trinajstić information content (AvgIpc) is 2.54. The Kier molecular flexibility index (Phi) is 6.78. The topological polar surface area (TPSA) is 41.5 Å². The number of carbonyl (C=O) groups is 1. The van der Waals surface area contributed by atoms with Gasteiger partial charge in [0.05, 0.1) is 21.5 Å². The highest BCUT2D eigenvalue weighted by atomic mass is 35.5. The van der Waals surface area contributed by atoms with Gasteiger partial charge in [-0.15, -0.1) is 11.8 Å². The Balaban J connectivity index is 1.89. The highest BCUT2D eigenvalue weighted by Gasteiger charge is 2.05. The first-order valence-electron chi connectivity index (χ1n) is 6.62. The number of carbonyl (C=O) groups excluding carboxylic acids is 1. The van der Waals surface area contributed by atoms with Crippen LogP contribution in [0.4, 0.5) is 0 Å². The lowest BCUT2D eigenvalue weighted by Crippen LogP contribution is -2.21. The number of halogens is 3. The first kappa shape index (κ1) is 18.1. The summed E-state index contributed by atoms with van der Waals surface area (Å²) >= 11 is 19.1. The summed E-state index contributed by atoms with van der Waals surface area (Å²) in [4.78, 5) is 12.8. The third-order valence-corrected chi connectivity index (χ3v) is 4.87. The molecule has 0 heterocycles. The molecule has 7 heteroatoms. The summed E-state index contributed by atoms with van der Waals surface area (Å²) in [5.41, 5.74) is 3.97. The van der Waals surface area contributed by atoms with E-state index in [2.05, 4.69) is 10.5 Å². The van der Waals surface area contributed by atoms with Gasteiger partial charge in [0.1, 0.15) is 0 Å². The van der Waals surface area contributed by atoms with Gasteiger partial charge < -0.3 is 0 Å². The Morgan fingerprint density at radius 1 is 1.09 bits per heavy atom. The molecule has 3 nitrogen and oxygen atoms in total. The fourth-order valence-corrected chi connectivity index (χ4v) is 2.76. The minimum atomic E-state index is -0.190. The highest BCUT2D eigenvalue weighted by Crippen LogP contribution is 2.23. The molecule has 0 aliphatic rings. The van der Waals surface area contributed by atoms with E-state index >= 15 is 0 Å². The van der Waals surface area contributed by atoms with Gasteiger partial charge >= 0.3 is 0 Å². The smallest absolute Gasteiger partial charge is 0.250 e. The number of hydrogen-bond donors (Lipinski definition) is 1.